The number of carbonyl (C=O) groups excluding carboxylic acids is 1. The van der Waals surface area contributed by atoms with E-state index < -0.39 is 17.8 Å². The number of carbonyl (C=O) groups is 1. The van der Waals surface area contributed by atoms with E-state index in [0.29, 0.717) is 30.7 Å². The lowest BCUT2D eigenvalue weighted by Gasteiger charge is -2.42. The lowest BCUT2D eigenvalue weighted by atomic mass is 10.0. The standard InChI is InChI=1S/C26H29ClF3N5O2/c1-16(20-6-4-17(27)11-21(20)26(28,29)30)35-15-32-22-7-5-18(12-24(22)35)33-9-10-34(19(13-33)14-36)25(37)23-3-2-8-31-23/h4-7,11-12,15-16,19,23,31,36H,2-3,8-10,13-14H2,1H3/t16?,19-,23?/m0/s1. The van der Waals surface area contributed by atoms with E-state index in [2.05, 4.69) is 15.2 Å². The summed E-state index contributed by atoms with van der Waals surface area (Å²) in [6, 6.07) is 8.31. The van der Waals surface area contributed by atoms with Gasteiger partial charge in [0.2, 0.25) is 5.91 Å². The van der Waals surface area contributed by atoms with E-state index in [4.69, 9.17) is 11.6 Å². The number of piperazine rings is 1. The molecule has 3 heterocycles. The molecule has 2 fully saturated rings. The van der Waals surface area contributed by atoms with Gasteiger partial charge in [0.15, 0.2) is 0 Å². The summed E-state index contributed by atoms with van der Waals surface area (Å²) < 4.78 is 43.0. The molecular weight excluding hydrogens is 507 g/mol. The molecule has 1 aromatic heterocycles. The SMILES string of the molecule is CC(c1ccc(Cl)cc1C(F)(F)F)n1cnc2ccc(N3CCN(C(=O)C4CCCN4)[C@H](CO)C3)cc21. The Hall–Kier alpha value is -2.82. The van der Waals surface area contributed by atoms with E-state index in [0.717, 1.165) is 31.1 Å². The van der Waals surface area contributed by atoms with Crippen LogP contribution in [0.5, 0.6) is 0 Å². The van der Waals surface area contributed by atoms with Crippen LogP contribution in [-0.4, -0.2) is 70.3 Å². The third kappa shape index (κ3) is 5.02. The summed E-state index contributed by atoms with van der Waals surface area (Å²) in [5, 5.41) is 13.3. The van der Waals surface area contributed by atoms with Crippen molar-refractivity contribution in [3.05, 3.63) is 58.9 Å². The molecule has 198 valence electrons. The number of fused-ring (bicyclic) bond motifs is 1. The smallest absolute Gasteiger partial charge is 0.394 e. The van der Waals surface area contributed by atoms with Crippen LogP contribution < -0.4 is 10.2 Å². The Balaban J connectivity index is 1.42. The number of benzene rings is 2. The fourth-order valence-corrected chi connectivity index (χ4v) is 5.61. The second kappa shape index (κ2) is 10.2. The average molecular weight is 536 g/mol. The van der Waals surface area contributed by atoms with Crippen molar-refractivity contribution in [1.29, 1.82) is 0 Å². The number of aliphatic hydroxyl groups is 1. The summed E-state index contributed by atoms with van der Waals surface area (Å²) in [5.74, 6) is 0.0296. The zero-order valence-corrected chi connectivity index (χ0v) is 21.1. The van der Waals surface area contributed by atoms with Crippen LogP contribution in [0.2, 0.25) is 5.02 Å². The highest BCUT2D eigenvalue weighted by Crippen LogP contribution is 2.38. The molecule has 3 atom stereocenters. The van der Waals surface area contributed by atoms with Crippen molar-refractivity contribution < 1.29 is 23.1 Å². The van der Waals surface area contributed by atoms with Crippen LogP contribution in [0, 0.1) is 0 Å². The van der Waals surface area contributed by atoms with Crippen LogP contribution in [0.4, 0.5) is 18.9 Å². The predicted molar refractivity (Wildman–Crippen MR) is 136 cm³/mol. The first-order valence-corrected chi connectivity index (χ1v) is 12.8. The number of rotatable bonds is 5. The largest absolute Gasteiger partial charge is 0.416 e. The van der Waals surface area contributed by atoms with Crippen LogP contribution in [-0.2, 0) is 11.0 Å². The molecule has 5 rings (SSSR count). The minimum atomic E-state index is -4.54. The number of nitrogens with one attached hydrogen (secondary N) is 1. The molecule has 2 unspecified atom stereocenters. The fraction of sp³-hybridized carbons (Fsp3) is 0.462. The average Bonchev–Trinajstić information content (AvgIpc) is 3.57. The molecule has 0 aliphatic carbocycles. The Morgan fingerprint density at radius 3 is 2.76 bits per heavy atom. The second-order valence-corrected chi connectivity index (χ2v) is 10.1. The van der Waals surface area contributed by atoms with Gasteiger partial charge in [-0.05, 0) is 62.2 Å². The summed E-state index contributed by atoms with van der Waals surface area (Å²) in [7, 11) is 0. The zero-order chi connectivity index (χ0) is 26.3. The molecule has 11 heteroatoms. The zero-order valence-electron chi connectivity index (χ0n) is 20.4. The lowest BCUT2D eigenvalue weighted by molar-refractivity contribution is -0.138. The topological polar surface area (TPSA) is 73.6 Å². The molecule has 0 bridgehead atoms. The van der Waals surface area contributed by atoms with Crippen molar-refractivity contribution in [3.63, 3.8) is 0 Å². The van der Waals surface area contributed by atoms with E-state index in [1.807, 2.05) is 18.2 Å². The molecule has 2 N–H and O–H groups in total. The van der Waals surface area contributed by atoms with E-state index >= 15 is 0 Å². The summed E-state index contributed by atoms with van der Waals surface area (Å²) in [6.45, 7) is 3.90. The molecule has 0 radical (unpaired) electrons. The Labute approximate surface area is 217 Å². The minimum Gasteiger partial charge on any atom is -0.394 e. The van der Waals surface area contributed by atoms with Crippen LogP contribution in [0.15, 0.2) is 42.7 Å². The molecule has 1 amide bonds. The van der Waals surface area contributed by atoms with Gasteiger partial charge in [0, 0.05) is 30.3 Å². The molecule has 2 aromatic carbocycles. The van der Waals surface area contributed by atoms with Crippen molar-refractivity contribution in [3.8, 4) is 0 Å². The van der Waals surface area contributed by atoms with Gasteiger partial charge in [-0.15, -0.1) is 0 Å². The first-order valence-electron chi connectivity index (χ1n) is 12.4. The number of hydrogen-bond acceptors (Lipinski definition) is 5. The maximum Gasteiger partial charge on any atom is 0.416 e. The van der Waals surface area contributed by atoms with E-state index in [-0.39, 0.29) is 35.2 Å². The first kappa shape index (κ1) is 25.8. The van der Waals surface area contributed by atoms with Gasteiger partial charge < -0.3 is 24.8 Å². The van der Waals surface area contributed by atoms with Crippen molar-refractivity contribution >= 4 is 34.2 Å². The highest BCUT2D eigenvalue weighted by Gasteiger charge is 2.36. The molecule has 37 heavy (non-hydrogen) atoms. The normalized spacial score (nSPS) is 21.6. The lowest BCUT2D eigenvalue weighted by Crippen LogP contribution is -2.59. The number of imidazole rings is 1. The highest BCUT2D eigenvalue weighted by molar-refractivity contribution is 6.30. The number of aliphatic hydroxyl groups excluding tert-OH is 1. The maximum atomic E-state index is 13.8. The number of aromatic nitrogens is 2. The van der Waals surface area contributed by atoms with Gasteiger partial charge in [0.05, 0.1) is 47.7 Å². The summed E-state index contributed by atoms with van der Waals surface area (Å²) in [5.41, 5.74) is 1.56. The summed E-state index contributed by atoms with van der Waals surface area (Å²) >= 11 is 5.87. The second-order valence-electron chi connectivity index (χ2n) is 9.69. The van der Waals surface area contributed by atoms with Crippen molar-refractivity contribution in [2.24, 2.45) is 0 Å². The number of nitrogens with zero attached hydrogens (tertiary/aromatic N) is 4. The van der Waals surface area contributed by atoms with Crippen LogP contribution >= 0.6 is 11.6 Å². The quantitative estimate of drug-likeness (QED) is 0.515. The maximum absolute atomic E-state index is 13.8. The fourth-order valence-electron chi connectivity index (χ4n) is 5.44. The van der Waals surface area contributed by atoms with Crippen molar-refractivity contribution in [2.45, 2.75) is 44.1 Å². The Morgan fingerprint density at radius 2 is 2.05 bits per heavy atom. The molecule has 2 aliphatic rings. The van der Waals surface area contributed by atoms with Gasteiger partial charge in [0.25, 0.3) is 0 Å². The van der Waals surface area contributed by atoms with Gasteiger partial charge in [-0.2, -0.15) is 13.2 Å². The molecule has 3 aromatic rings. The minimum absolute atomic E-state index is 0.0285. The van der Waals surface area contributed by atoms with Gasteiger partial charge in [-0.1, -0.05) is 17.7 Å². The van der Waals surface area contributed by atoms with Gasteiger partial charge in [-0.3, -0.25) is 4.79 Å². The summed E-state index contributed by atoms with van der Waals surface area (Å²) in [6.07, 6.45) is -1.22. The number of alkyl halides is 3. The molecule has 0 saturated carbocycles. The Morgan fingerprint density at radius 1 is 1.24 bits per heavy atom. The third-order valence-electron chi connectivity index (χ3n) is 7.45. The third-order valence-corrected chi connectivity index (χ3v) is 7.68. The van der Waals surface area contributed by atoms with Crippen LogP contribution in [0.25, 0.3) is 11.0 Å². The molecule has 2 aliphatic heterocycles. The molecular formula is C26H29ClF3N5O2. The number of hydrogen-bond donors (Lipinski definition) is 2. The summed E-state index contributed by atoms with van der Waals surface area (Å²) in [4.78, 5) is 21.2. The van der Waals surface area contributed by atoms with E-state index in [1.165, 1.54) is 12.1 Å². The molecule has 2 saturated heterocycles. The van der Waals surface area contributed by atoms with Gasteiger partial charge in [-0.25, -0.2) is 4.98 Å². The number of anilines is 1. The van der Waals surface area contributed by atoms with E-state index in [1.54, 1.807) is 22.7 Å². The van der Waals surface area contributed by atoms with Crippen LogP contribution in [0.1, 0.15) is 36.9 Å². The number of halogens is 4. The molecule has 0 spiro atoms. The predicted octanol–water partition coefficient (Wildman–Crippen LogP) is 4.08. The monoisotopic (exact) mass is 535 g/mol. The Bertz CT molecular complexity index is 1290. The van der Waals surface area contributed by atoms with Crippen LogP contribution in [0.3, 0.4) is 0 Å². The van der Waals surface area contributed by atoms with Gasteiger partial charge >= 0.3 is 6.18 Å². The van der Waals surface area contributed by atoms with Crippen molar-refractivity contribution in [1.82, 2.24) is 19.8 Å². The van der Waals surface area contributed by atoms with E-state index in [9.17, 15) is 23.1 Å². The number of amides is 1. The van der Waals surface area contributed by atoms with Gasteiger partial charge in [0.1, 0.15) is 0 Å². The Kier molecular flexibility index (Phi) is 7.08. The first-order chi connectivity index (χ1) is 17.7. The van der Waals surface area contributed by atoms with Crippen molar-refractivity contribution in [2.75, 3.05) is 37.7 Å². The highest BCUT2D eigenvalue weighted by atomic mass is 35.5. The molecule has 7 nitrogen and oxygen atoms in total.